The van der Waals surface area contributed by atoms with Gasteiger partial charge >= 0.3 is 0 Å². The number of halogens is 1. The molecule has 1 amide bonds. The van der Waals surface area contributed by atoms with E-state index < -0.39 is 0 Å². The molecule has 3 aromatic carbocycles. The summed E-state index contributed by atoms with van der Waals surface area (Å²) in [6.07, 6.45) is 0. The maximum absolute atomic E-state index is 12.4. The molecule has 1 aromatic heterocycles. The van der Waals surface area contributed by atoms with Gasteiger partial charge in [0.25, 0.3) is 5.22 Å². The Morgan fingerprint density at radius 3 is 2.39 bits per heavy atom. The van der Waals surface area contributed by atoms with Crippen LogP contribution in [0.15, 0.2) is 88.5 Å². The van der Waals surface area contributed by atoms with E-state index in [1.165, 1.54) is 11.8 Å². The van der Waals surface area contributed by atoms with Gasteiger partial charge in [-0.05, 0) is 18.2 Å². The third-order valence-corrected chi connectivity index (χ3v) is 5.46. The molecule has 31 heavy (non-hydrogen) atoms. The van der Waals surface area contributed by atoms with Crippen LogP contribution in [0.2, 0.25) is 5.02 Å². The van der Waals surface area contributed by atoms with Gasteiger partial charge in [0.1, 0.15) is 11.8 Å². The third kappa shape index (κ3) is 4.97. The Labute approximate surface area is 188 Å². The van der Waals surface area contributed by atoms with E-state index in [0.29, 0.717) is 27.3 Å². The lowest BCUT2D eigenvalue weighted by atomic mass is 10.1. The van der Waals surface area contributed by atoms with E-state index in [1.54, 1.807) is 18.2 Å². The second kappa shape index (κ2) is 9.52. The summed E-state index contributed by atoms with van der Waals surface area (Å²) in [4.78, 5) is 17.1. The zero-order valence-electron chi connectivity index (χ0n) is 16.2. The highest BCUT2D eigenvalue weighted by molar-refractivity contribution is 7.99. The summed E-state index contributed by atoms with van der Waals surface area (Å²) in [6.45, 7) is 0. The van der Waals surface area contributed by atoms with Gasteiger partial charge in [-0.15, -0.1) is 0 Å². The molecule has 0 aliphatic heterocycles. The maximum Gasteiger partial charge on any atom is 0.257 e. The molecule has 7 heteroatoms. The summed E-state index contributed by atoms with van der Waals surface area (Å²) in [5, 5.41) is 12.8. The average molecular weight is 446 g/mol. The van der Waals surface area contributed by atoms with Gasteiger partial charge in [0.2, 0.25) is 5.91 Å². The number of amides is 1. The van der Waals surface area contributed by atoms with Crippen LogP contribution in [-0.4, -0.2) is 16.6 Å². The number of hydrogen-bond acceptors (Lipinski definition) is 5. The van der Waals surface area contributed by atoms with Crippen LogP contribution in [0.1, 0.15) is 5.56 Å². The maximum atomic E-state index is 12.4. The van der Waals surface area contributed by atoms with Crippen molar-refractivity contribution in [3.8, 4) is 28.7 Å². The molecule has 0 aliphatic carbocycles. The number of nitrogens with one attached hydrogen (secondary N) is 1. The molecule has 0 fully saturated rings. The average Bonchev–Trinajstić information content (AvgIpc) is 3.23. The Bertz CT molecular complexity index is 1190. The first-order valence-electron chi connectivity index (χ1n) is 9.38. The quantitative estimate of drug-likeness (QED) is 0.354. The van der Waals surface area contributed by atoms with Gasteiger partial charge < -0.3 is 9.73 Å². The second-order valence-corrected chi connectivity index (χ2v) is 7.89. The molecular formula is C24H16ClN3O2S. The Balaban J connectivity index is 1.54. The van der Waals surface area contributed by atoms with Gasteiger partial charge in [0, 0.05) is 16.1 Å². The van der Waals surface area contributed by atoms with Crippen molar-refractivity contribution in [1.29, 1.82) is 5.26 Å². The lowest BCUT2D eigenvalue weighted by molar-refractivity contribution is -0.113. The van der Waals surface area contributed by atoms with E-state index in [2.05, 4.69) is 10.3 Å². The number of benzene rings is 3. The van der Waals surface area contributed by atoms with Crippen LogP contribution in [0.3, 0.4) is 0 Å². The molecule has 1 heterocycles. The van der Waals surface area contributed by atoms with Gasteiger partial charge in [0.05, 0.1) is 17.0 Å². The summed E-state index contributed by atoms with van der Waals surface area (Å²) in [5.74, 6) is 0.432. The van der Waals surface area contributed by atoms with Crippen LogP contribution in [0.25, 0.3) is 22.6 Å². The summed E-state index contributed by atoms with van der Waals surface area (Å²) in [6, 6.07) is 26.2. The van der Waals surface area contributed by atoms with E-state index in [9.17, 15) is 10.1 Å². The number of hydrogen-bond donors (Lipinski definition) is 1. The number of oxazole rings is 1. The number of anilines is 1. The van der Waals surface area contributed by atoms with Gasteiger partial charge in [-0.3, -0.25) is 4.79 Å². The minimum absolute atomic E-state index is 0.0698. The molecule has 0 spiro atoms. The fourth-order valence-corrected chi connectivity index (χ4v) is 3.77. The van der Waals surface area contributed by atoms with Gasteiger partial charge in [-0.1, -0.05) is 84.0 Å². The van der Waals surface area contributed by atoms with Crippen molar-refractivity contribution in [2.45, 2.75) is 5.22 Å². The fourth-order valence-electron chi connectivity index (χ4n) is 2.97. The Morgan fingerprint density at radius 2 is 1.71 bits per heavy atom. The zero-order chi connectivity index (χ0) is 21.6. The summed E-state index contributed by atoms with van der Waals surface area (Å²) < 4.78 is 6.02. The molecule has 0 aliphatic rings. The molecule has 1 N–H and O–H groups in total. The van der Waals surface area contributed by atoms with Crippen LogP contribution in [0.4, 0.5) is 5.69 Å². The SMILES string of the molecule is N#Cc1ccc(Cl)cc1NC(=O)CSc1nc(-c2ccccc2)c(-c2ccccc2)o1. The van der Waals surface area contributed by atoms with Crippen molar-refractivity contribution in [3.05, 3.63) is 89.4 Å². The Kier molecular flexibility index (Phi) is 6.37. The highest BCUT2D eigenvalue weighted by Gasteiger charge is 2.18. The van der Waals surface area contributed by atoms with Crippen molar-refractivity contribution in [3.63, 3.8) is 0 Å². The van der Waals surface area contributed by atoms with Crippen LogP contribution in [-0.2, 0) is 4.79 Å². The highest BCUT2D eigenvalue weighted by Crippen LogP contribution is 2.35. The molecule has 0 radical (unpaired) electrons. The topological polar surface area (TPSA) is 78.9 Å². The first-order chi connectivity index (χ1) is 15.1. The van der Waals surface area contributed by atoms with Crippen LogP contribution >= 0.6 is 23.4 Å². The lowest BCUT2D eigenvalue weighted by Crippen LogP contribution is -2.15. The first kappa shape index (κ1) is 20.7. The van der Waals surface area contributed by atoms with E-state index in [1.807, 2.05) is 66.7 Å². The standard InChI is InChI=1S/C24H16ClN3O2S/c25-19-12-11-18(14-26)20(13-19)27-21(29)15-31-24-28-22(16-7-3-1-4-8-16)23(30-24)17-9-5-2-6-10-17/h1-13H,15H2,(H,27,29). The second-order valence-electron chi connectivity index (χ2n) is 6.53. The summed E-state index contributed by atoms with van der Waals surface area (Å²) in [7, 11) is 0. The molecule has 152 valence electrons. The van der Waals surface area contributed by atoms with Gasteiger partial charge in [-0.25, -0.2) is 4.98 Å². The van der Waals surface area contributed by atoms with Crippen molar-refractivity contribution in [2.75, 3.05) is 11.1 Å². The number of nitrogens with zero attached hydrogens (tertiary/aromatic N) is 2. The predicted octanol–water partition coefficient (Wildman–Crippen LogP) is 6.26. The third-order valence-electron chi connectivity index (χ3n) is 4.39. The monoisotopic (exact) mass is 445 g/mol. The minimum atomic E-state index is -0.288. The van der Waals surface area contributed by atoms with Crippen molar-refractivity contribution in [1.82, 2.24) is 4.98 Å². The number of aromatic nitrogens is 1. The normalized spacial score (nSPS) is 10.5. The first-order valence-corrected chi connectivity index (χ1v) is 10.7. The van der Waals surface area contributed by atoms with Crippen molar-refractivity contribution < 1.29 is 9.21 Å². The van der Waals surface area contributed by atoms with Crippen LogP contribution < -0.4 is 5.32 Å². The Hall–Kier alpha value is -3.53. The molecule has 0 saturated heterocycles. The largest absolute Gasteiger partial charge is 0.431 e. The van der Waals surface area contributed by atoms with Crippen molar-refractivity contribution in [2.24, 2.45) is 0 Å². The van der Waals surface area contributed by atoms with E-state index in [-0.39, 0.29) is 11.7 Å². The van der Waals surface area contributed by atoms with E-state index >= 15 is 0 Å². The molecule has 4 rings (SSSR count). The molecule has 0 atom stereocenters. The predicted molar refractivity (Wildman–Crippen MR) is 123 cm³/mol. The number of thioether (sulfide) groups is 1. The fraction of sp³-hybridized carbons (Fsp3) is 0.0417. The highest BCUT2D eigenvalue weighted by atomic mass is 35.5. The zero-order valence-corrected chi connectivity index (χ0v) is 17.8. The van der Waals surface area contributed by atoms with Crippen LogP contribution in [0.5, 0.6) is 0 Å². The van der Waals surface area contributed by atoms with Crippen molar-refractivity contribution >= 4 is 35.0 Å². The van der Waals surface area contributed by atoms with E-state index in [0.717, 1.165) is 16.8 Å². The number of nitriles is 1. The molecule has 0 bridgehead atoms. The summed E-state index contributed by atoms with van der Waals surface area (Å²) >= 11 is 7.16. The molecule has 5 nitrogen and oxygen atoms in total. The lowest BCUT2D eigenvalue weighted by Gasteiger charge is -2.06. The summed E-state index contributed by atoms with van der Waals surface area (Å²) in [5.41, 5.74) is 3.28. The minimum Gasteiger partial charge on any atom is -0.431 e. The molecule has 0 unspecified atom stereocenters. The van der Waals surface area contributed by atoms with Crippen LogP contribution in [0, 0.1) is 11.3 Å². The Morgan fingerprint density at radius 1 is 1.03 bits per heavy atom. The van der Waals surface area contributed by atoms with E-state index in [4.69, 9.17) is 16.0 Å². The number of carbonyl (C=O) groups is 1. The molecular weight excluding hydrogens is 430 g/mol. The molecule has 0 saturated carbocycles. The molecule has 4 aromatic rings. The van der Waals surface area contributed by atoms with Gasteiger partial charge in [-0.2, -0.15) is 5.26 Å². The smallest absolute Gasteiger partial charge is 0.257 e. The van der Waals surface area contributed by atoms with Gasteiger partial charge in [0.15, 0.2) is 5.76 Å². The number of carbonyl (C=O) groups excluding carboxylic acids is 1. The number of rotatable bonds is 6.